The van der Waals surface area contributed by atoms with Gasteiger partial charge < -0.3 is 10.6 Å². The van der Waals surface area contributed by atoms with Crippen LogP contribution in [0.5, 0.6) is 0 Å². The van der Waals surface area contributed by atoms with Gasteiger partial charge in [0.1, 0.15) is 0 Å². The first-order chi connectivity index (χ1) is 9.97. The predicted molar refractivity (Wildman–Crippen MR) is 89.6 cm³/mol. The van der Waals surface area contributed by atoms with Crippen molar-refractivity contribution in [3.63, 3.8) is 0 Å². The number of aryl methyl sites for hydroxylation is 1. The minimum atomic E-state index is -0.435. The van der Waals surface area contributed by atoms with E-state index in [9.17, 15) is 9.59 Å². The molecule has 2 N–H and O–H groups in total. The second-order valence-electron chi connectivity index (χ2n) is 4.30. The van der Waals surface area contributed by atoms with Gasteiger partial charge in [-0.1, -0.05) is 27.5 Å². The van der Waals surface area contributed by atoms with E-state index in [4.69, 9.17) is 11.6 Å². The molecule has 2 amide bonds. The van der Waals surface area contributed by atoms with Crippen molar-refractivity contribution in [1.82, 2.24) is 5.32 Å². The van der Waals surface area contributed by atoms with Crippen molar-refractivity contribution in [1.29, 1.82) is 0 Å². The van der Waals surface area contributed by atoms with E-state index in [0.717, 1.165) is 10.0 Å². The van der Waals surface area contributed by atoms with Crippen LogP contribution in [0.3, 0.4) is 0 Å². The number of anilines is 1. The molecular formula is C14H12BrClN2O2S. The molecule has 7 heteroatoms. The Kier molecular flexibility index (Phi) is 5.39. The highest BCUT2D eigenvalue weighted by Crippen LogP contribution is 2.27. The third-order valence-corrected chi connectivity index (χ3v) is 4.93. The summed E-state index contributed by atoms with van der Waals surface area (Å²) in [5.41, 5.74) is 1.51. The number of hydrogen-bond donors (Lipinski definition) is 2. The van der Waals surface area contributed by atoms with Crippen LogP contribution < -0.4 is 10.6 Å². The van der Waals surface area contributed by atoms with E-state index in [1.807, 2.05) is 24.4 Å². The molecule has 0 unspecified atom stereocenters. The van der Waals surface area contributed by atoms with Gasteiger partial charge in [0.2, 0.25) is 0 Å². The largest absolute Gasteiger partial charge is 0.330 e. The fourth-order valence-corrected chi connectivity index (χ4v) is 3.07. The number of halogens is 2. The highest BCUT2D eigenvalue weighted by molar-refractivity contribution is 9.10. The molecule has 21 heavy (non-hydrogen) atoms. The van der Waals surface area contributed by atoms with Crippen LogP contribution in [0, 0.1) is 6.92 Å². The van der Waals surface area contributed by atoms with Gasteiger partial charge in [0.15, 0.2) is 5.78 Å². The molecule has 110 valence electrons. The highest BCUT2D eigenvalue weighted by atomic mass is 79.9. The summed E-state index contributed by atoms with van der Waals surface area (Å²) in [6.45, 7) is 1.74. The number of amides is 2. The number of urea groups is 1. The van der Waals surface area contributed by atoms with Crippen LogP contribution >= 0.6 is 38.9 Å². The lowest BCUT2D eigenvalue weighted by Crippen LogP contribution is -2.33. The molecule has 0 aliphatic carbocycles. The maximum absolute atomic E-state index is 12.0. The number of benzene rings is 1. The van der Waals surface area contributed by atoms with Crippen LogP contribution in [0.1, 0.15) is 15.2 Å². The third kappa shape index (κ3) is 4.30. The normalized spacial score (nSPS) is 10.2. The van der Waals surface area contributed by atoms with Gasteiger partial charge >= 0.3 is 6.03 Å². The average Bonchev–Trinajstić information content (AvgIpc) is 2.79. The summed E-state index contributed by atoms with van der Waals surface area (Å²) in [5.74, 6) is -0.205. The van der Waals surface area contributed by atoms with Crippen molar-refractivity contribution >= 4 is 56.4 Å². The molecule has 1 aromatic heterocycles. The first-order valence-corrected chi connectivity index (χ1v) is 8.09. The molecule has 2 aromatic rings. The SMILES string of the molecule is Cc1csc(C(=O)CNC(=O)Nc2ccc(Br)cc2)c1Cl. The molecule has 2 rings (SSSR count). The van der Waals surface area contributed by atoms with E-state index < -0.39 is 6.03 Å². The van der Waals surface area contributed by atoms with Gasteiger partial charge in [-0.15, -0.1) is 11.3 Å². The summed E-state index contributed by atoms with van der Waals surface area (Å²) in [5, 5.41) is 7.44. The van der Waals surface area contributed by atoms with Crippen molar-refractivity contribution < 1.29 is 9.59 Å². The number of nitrogens with one attached hydrogen (secondary N) is 2. The summed E-state index contributed by atoms with van der Waals surface area (Å²) in [7, 11) is 0. The monoisotopic (exact) mass is 386 g/mol. The van der Waals surface area contributed by atoms with Gasteiger partial charge in [-0.3, -0.25) is 4.79 Å². The number of hydrogen-bond acceptors (Lipinski definition) is 3. The van der Waals surface area contributed by atoms with Crippen LogP contribution in [0.2, 0.25) is 5.02 Å². The van der Waals surface area contributed by atoms with Gasteiger partial charge in [0.25, 0.3) is 0 Å². The lowest BCUT2D eigenvalue weighted by atomic mass is 10.2. The number of carbonyl (C=O) groups is 2. The summed E-state index contributed by atoms with van der Waals surface area (Å²) in [6.07, 6.45) is 0. The Balaban J connectivity index is 1.88. The van der Waals surface area contributed by atoms with Crippen LogP contribution in [-0.2, 0) is 0 Å². The molecule has 1 aromatic carbocycles. The second-order valence-corrected chi connectivity index (χ2v) is 6.47. The zero-order valence-electron chi connectivity index (χ0n) is 11.1. The maximum atomic E-state index is 12.0. The van der Waals surface area contributed by atoms with Crippen molar-refractivity contribution in [2.24, 2.45) is 0 Å². The smallest absolute Gasteiger partial charge is 0.319 e. The molecule has 0 saturated heterocycles. The zero-order valence-corrected chi connectivity index (χ0v) is 14.2. The summed E-state index contributed by atoms with van der Waals surface area (Å²) in [6, 6.07) is 6.70. The summed E-state index contributed by atoms with van der Waals surface area (Å²) < 4.78 is 0.923. The summed E-state index contributed by atoms with van der Waals surface area (Å²) >= 11 is 10.6. The number of thiophene rings is 1. The topological polar surface area (TPSA) is 58.2 Å². The number of ketones is 1. The Hall–Kier alpha value is -1.37. The van der Waals surface area contributed by atoms with E-state index >= 15 is 0 Å². The molecule has 0 radical (unpaired) electrons. The van der Waals surface area contributed by atoms with E-state index in [-0.39, 0.29) is 12.3 Å². The van der Waals surface area contributed by atoms with Gasteiger partial charge in [-0.2, -0.15) is 0 Å². The third-order valence-electron chi connectivity index (χ3n) is 2.66. The van der Waals surface area contributed by atoms with Crippen LogP contribution in [-0.4, -0.2) is 18.4 Å². The van der Waals surface area contributed by atoms with E-state index in [2.05, 4.69) is 26.6 Å². The molecular weight excluding hydrogens is 376 g/mol. The molecule has 0 bridgehead atoms. The Morgan fingerprint density at radius 2 is 1.95 bits per heavy atom. The fourth-order valence-electron chi connectivity index (χ4n) is 1.57. The molecule has 0 saturated carbocycles. The summed E-state index contributed by atoms with van der Waals surface area (Å²) in [4.78, 5) is 24.1. The van der Waals surface area contributed by atoms with E-state index in [1.165, 1.54) is 11.3 Å². The number of carbonyl (C=O) groups excluding carboxylic acids is 2. The minimum Gasteiger partial charge on any atom is -0.330 e. The van der Waals surface area contributed by atoms with Crippen molar-refractivity contribution in [3.8, 4) is 0 Å². The predicted octanol–water partition coefficient (Wildman–Crippen LogP) is 4.48. The molecule has 4 nitrogen and oxygen atoms in total. The van der Waals surface area contributed by atoms with E-state index in [0.29, 0.717) is 15.6 Å². The van der Waals surface area contributed by atoms with Crippen molar-refractivity contribution in [2.45, 2.75) is 6.92 Å². The fraction of sp³-hybridized carbons (Fsp3) is 0.143. The van der Waals surface area contributed by atoms with Gasteiger partial charge in [-0.05, 0) is 42.1 Å². The maximum Gasteiger partial charge on any atom is 0.319 e. The first kappa shape index (κ1) is 16.0. The molecule has 0 fully saturated rings. The molecule has 0 aliphatic heterocycles. The van der Waals surface area contributed by atoms with Crippen LogP contribution in [0.25, 0.3) is 0 Å². The number of Topliss-reactive ketones (excluding diaryl/α,β-unsaturated/α-hetero) is 1. The van der Waals surface area contributed by atoms with Crippen molar-refractivity contribution in [2.75, 3.05) is 11.9 Å². The quantitative estimate of drug-likeness (QED) is 0.760. The van der Waals surface area contributed by atoms with Crippen molar-refractivity contribution in [3.05, 3.63) is 49.6 Å². The Morgan fingerprint density at radius 1 is 1.29 bits per heavy atom. The molecule has 0 aliphatic rings. The lowest BCUT2D eigenvalue weighted by Gasteiger charge is -2.07. The highest BCUT2D eigenvalue weighted by Gasteiger charge is 2.15. The first-order valence-electron chi connectivity index (χ1n) is 6.04. The molecule has 0 spiro atoms. The molecule has 0 atom stereocenters. The molecule has 1 heterocycles. The standard InChI is InChI=1S/C14H12BrClN2O2S/c1-8-7-21-13(12(8)16)11(19)6-17-14(20)18-10-4-2-9(15)3-5-10/h2-5,7H,6H2,1H3,(H2,17,18,20). The van der Waals surface area contributed by atoms with Gasteiger partial charge in [-0.25, -0.2) is 4.79 Å². The van der Waals surface area contributed by atoms with Crippen LogP contribution in [0.15, 0.2) is 34.1 Å². The Bertz CT molecular complexity index is 670. The number of rotatable bonds is 4. The van der Waals surface area contributed by atoms with E-state index in [1.54, 1.807) is 12.1 Å². The average molecular weight is 388 g/mol. The minimum absolute atomic E-state index is 0.0952. The van der Waals surface area contributed by atoms with Gasteiger partial charge in [0, 0.05) is 10.2 Å². The lowest BCUT2D eigenvalue weighted by molar-refractivity contribution is 0.0997. The Morgan fingerprint density at radius 3 is 2.52 bits per heavy atom. The zero-order chi connectivity index (χ0) is 15.4. The second kappa shape index (κ2) is 7.06. The Labute approximate surface area is 139 Å². The van der Waals surface area contributed by atoms with Gasteiger partial charge in [0.05, 0.1) is 16.4 Å². The van der Waals surface area contributed by atoms with Crippen LogP contribution in [0.4, 0.5) is 10.5 Å².